The smallest absolute Gasteiger partial charge is 0.242 e. The molecule has 35 heavy (non-hydrogen) atoms. The van der Waals surface area contributed by atoms with E-state index in [2.05, 4.69) is 47.1 Å². The molecule has 1 heterocycles. The lowest BCUT2D eigenvalue weighted by atomic mass is 9.97. The first-order valence-corrected chi connectivity index (χ1v) is 12.3. The molecule has 5 rings (SSSR count). The fourth-order valence-electron chi connectivity index (χ4n) is 4.31. The lowest BCUT2D eigenvalue weighted by Crippen LogP contribution is -2.32. The number of carbonyl (C=O) groups excluding carboxylic acids is 1. The third kappa shape index (κ3) is 4.70. The molecule has 4 aromatic carbocycles. The molecule has 1 aliphatic rings. The van der Waals surface area contributed by atoms with E-state index in [0.717, 1.165) is 38.4 Å². The van der Waals surface area contributed by atoms with Crippen LogP contribution in [0.1, 0.15) is 11.1 Å². The highest BCUT2D eigenvalue weighted by Gasteiger charge is 2.37. The van der Waals surface area contributed by atoms with Crippen molar-refractivity contribution >= 4 is 50.6 Å². The number of amides is 1. The fourth-order valence-corrected chi connectivity index (χ4v) is 5.46. The van der Waals surface area contributed by atoms with Gasteiger partial charge in [0.2, 0.25) is 5.91 Å². The molecule has 0 bridgehead atoms. The molecule has 1 atom stereocenters. The summed E-state index contributed by atoms with van der Waals surface area (Å²) in [4.78, 5) is 14.8. The zero-order valence-corrected chi connectivity index (χ0v) is 20.2. The Morgan fingerprint density at radius 1 is 1.00 bits per heavy atom. The van der Waals surface area contributed by atoms with Gasteiger partial charge in [-0.05, 0) is 51.7 Å². The molecule has 0 saturated carbocycles. The maximum absolute atomic E-state index is 13.1. The molecule has 6 heteroatoms. The van der Waals surface area contributed by atoms with Crippen molar-refractivity contribution in [2.45, 2.75) is 11.7 Å². The predicted molar refractivity (Wildman–Crippen MR) is 146 cm³/mol. The number of fused-ring (bicyclic) bond motifs is 2. The molecule has 1 saturated heterocycles. The quantitative estimate of drug-likeness (QED) is 0.140. The molecule has 0 aliphatic carbocycles. The van der Waals surface area contributed by atoms with Gasteiger partial charge in [-0.3, -0.25) is 9.69 Å². The highest BCUT2D eigenvalue weighted by Crippen LogP contribution is 2.31. The molecule has 5 nitrogen and oxygen atoms in total. The Balaban J connectivity index is 1.45. The Bertz CT molecular complexity index is 1410. The SMILES string of the molecule is C=CCN1C(=O)C(Cc2ccc(OC)cc2)SC1=NN=Cc1c2ccccc2cc2ccccc12. The first-order chi connectivity index (χ1) is 17.2. The van der Waals surface area contributed by atoms with Gasteiger partial charge in [-0.15, -0.1) is 11.7 Å². The number of ether oxygens (including phenoxy) is 1. The summed E-state index contributed by atoms with van der Waals surface area (Å²) in [5.74, 6) is 0.820. The molecule has 1 fully saturated rings. The van der Waals surface area contributed by atoms with Crippen molar-refractivity contribution in [2.75, 3.05) is 13.7 Å². The lowest BCUT2D eigenvalue weighted by molar-refractivity contribution is -0.125. The van der Waals surface area contributed by atoms with Crippen LogP contribution in [0.2, 0.25) is 0 Å². The number of hydrogen-bond donors (Lipinski definition) is 0. The Morgan fingerprint density at radius 2 is 1.66 bits per heavy atom. The summed E-state index contributed by atoms with van der Waals surface area (Å²) in [6.07, 6.45) is 4.12. The van der Waals surface area contributed by atoms with Crippen LogP contribution in [0.4, 0.5) is 0 Å². The molecule has 1 aliphatic heterocycles. The highest BCUT2D eigenvalue weighted by atomic mass is 32.2. The Labute approximate surface area is 208 Å². The number of rotatable bonds is 7. The minimum absolute atomic E-state index is 0.0234. The Kier molecular flexibility index (Phi) is 6.64. The number of amidine groups is 1. The number of methoxy groups -OCH3 is 1. The average molecular weight is 480 g/mol. The second kappa shape index (κ2) is 10.2. The van der Waals surface area contributed by atoms with Gasteiger partial charge in [0.15, 0.2) is 5.17 Å². The Morgan fingerprint density at radius 3 is 2.29 bits per heavy atom. The van der Waals surface area contributed by atoms with E-state index in [1.54, 1.807) is 24.3 Å². The van der Waals surface area contributed by atoms with Crippen LogP contribution in [0, 0.1) is 0 Å². The summed E-state index contributed by atoms with van der Waals surface area (Å²) in [6, 6.07) is 26.5. The van der Waals surface area contributed by atoms with E-state index in [0.29, 0.717) is 18.1 Å². The lowest BCUT2D eigenvalue weighted by Gasteiger charge is -2.13. The van der Waals surface area contributed by atoms with Gasteiger partial charge in [-0.25, -0.2) is 0 Å². The van der Waals surface area contributed by atoms with Crippen molar-refractivity contribution in [1.29, 1.82) is 0 Å². The van der Waals surface area contributed by atoms with Crippen LogP contribution in [-0.2, 0) is 11.2 Å². The molecular formula is C29H25N3O2S. The van der Waals surface area contributed by atoms with E-state index in [1.807, 2.05) is 48.5 Å². The third-order valence-corrected chi connectivity index (χ3v) is 7.22. The molecule has 1 amide bonds. The molecule has 1 unspecified atom stereocenters. The van der Waals surface area contributed by atoms with Crippen LogP contribution in [0.3, 0.4) is 0 Å². The maximum atomic E-state index is 13.1. The van der Waals surface area contributed by atoms with Crippen LogP contribution in [0.25, 0.3) is 21.5 Å². The van der Waals surface area contributed by atoms with Crippen LogP contribution >= 0.6 is 11.8 Å². The topological polar surface area (TPSA) is 54.3 Å². The van der Waals surface area contributed by atoms with Gasteiger partial charge >= 0.3 is 0 Å². The van der Waals surface area contributed by atoms with Gasteiger partial charge in [0.05, 0.1) is 18.6 Å². The zero-order valence-electron chi connectivity index (χ0n) is 19.4. The van der Waals surface area contributed by atoms with Gasteiger partial charge in [0, 0.05) is 12.1 Å². The second-order valence-electron chi connectivity index (χ2n) is 8.26. The van der Waals surface area contributed by atoms with Crippen LogP contribution in [0.15, 0.2) is 102 Å². The second-order valence-corrected chi connectivity index (χ2v) is 9.43. The van der Waals surface area contributed by atoms with Gasteiger partial charge < -0.3 is 4.74 Å². The summed E-state index contributed by atoms with van der Waals surface area (Å²) in [5.41, 5.74) is 2.09. The number of hydrogen-bond acceptors (Lipinski definition) is 5. The molecule has 0 N–H and O–H groups in total. The monoisotopic (exact) mass is 479 g/mol. The summed E-state index contributed by atoms with van der Waals surface area (Å²) in [5, 5.41) is 13.8. The van der Waals surface area contributed by atoms with E-state index < -0.39 is 0 Å². The highest BCUT2D eigenvalue weighted by molar-refractivity contribution is 8.15. The van der Waals surface area contributed by atoms with Crippen LogP contribution in [0.5, 0.6) is 5.75 Å². The van der Waals surface area contributed by atoms with Gasteiger partial charge in [0.1, 0.15) is 5.75 Å². The summed E-state index contributed by atoms with van der Waals surface area (Å²) < 4.78 is 5.23. The van der Waals surface area contributed by atoms with Crippen molar-refractivity contribution in [3.63, 3.8) is 0 Å². The van der Waals surface area contributed by atoms with E-state index in [1.165, 1.54) is 11.8 Å². The van der Waals surface area contributed by atoms with Gasteiger partial charge in [-0.2, -0.15) is 5.10 Å². The van der Waals surface area contributed by atoms with E-state index in [-0.39, 0.29) is 11.2 Å². The molecular weight excluding hydrogens is 454 g/mol. The number of carbonyl (C=O) groups is 1. The van der Waals surface area contributed by atoms with Gasteiger partial charge in [-0.1, -0.05) is 78.5 Å². The summed E-state index contributed by atoms with van der Waals surface area (Å²) in [7, 11) is 1.64. The number of benzene rings is 4. The van der Waals surface area contributed by atoms with Crippen molar-refractivity contribution in [3.05, 3.63) is 103 Å². The van der Waals surface area contributed by atoms with Crippen LogP contribution < -0.4 is 4.74 Å². The van der Waals surface area contributed by atoms with E-state index >= 15 is 0 Å². The Hall–Kier alpha value is -3.90. The normalized spacial score (nSPS) is 17.2. The fraction of sp³-hybridized carbons (Fsp3) is 0.138. The molecule has 0 spiro atoms. The number of nitrogens with zero attached hydrogens (tertiary/aromatic N) is 3. The minimum Gasteiger partial charge on any atom is -0.497 e. The summed E-state index contributed by atoms with van der Waals surface area (Å²) in [6.45, 7) is 4.21. The van der Waals surface area contributed by atoms with Crippen molar-refractivity contribution in [3.8, 4) is 5.75 Å². The van der Waals surface area contributed by atoms with Crippen molar-refractivity contribution in [1.82, 2.24) is 4.90 Å². The van der Waals surface area contributed by atoms with Crippen molar-refractivity contribution < 1.29 is 9.53 Å². The van der Waals surface area contributed by atoms with Crippen LogP contribution in [-0.4, -0.2) is 41.1 Å². The maximum Gasteiger partial charge on any atom is 0.242 e. The van der Waals surface area contributed by atoms with Crippen molar-refractivity contribution in [2.24, 2.45) is 10.2 Å². The number of thioether (sulfide) groups is 1. The minimum atomic E-state index is -0.254. The predicted octanol–water partition coefficient (Wildman–Crippen LogP) is 6.06. The largest absolute Gasteiger partial charge is 0.497 e. The first kappa shape index (κ1) is 22.9. The van der Waals surface area contributed by atoms with Gasteiger partial charge in [0.25, 0.3) is 0 Å². The first-order valence-electron chi connectivity index (χ1n) is 11.4. The molecule has 4 aromatic rings. The van der Waals surface area contributed by atoms with E-state index in [9.17, 15) is 4.79 Å². The average Bonchev–Trinajstić information content (AvgIpc) is 3.18. The third-order valence-electron chi connectivity index (χ3n) is 6.05. The zero-order chi connectivity index (χ0) is 24.2. The molecule has 0 aromatic heterocycles. The standard InChI is InChI=1S/C29H25N3O2S/c1-3-16-32-28(33)27(17-20-12-14-23(34-2)15-13-20)35-29(32)31-30-19-26-24-10-6-4-8-21(24)18-22-9-5-7-11-25(22)26/h3-15,18-19,27H,1,16-17H2,2H3. The van der Waals surface area contributed by atoms with E-state index in [4.69, 9.17) is 4.74 Å². The molecule has 174 valence electrons. The molecule has 0 radical (unpaired) electrons. The summed E-state index contributed by atoms with van der Waals surface area (Å²) >= 11 is 1.45.